The Bertz CT molecular complexity index is 1340. The van der Waals surface area contributed by atoms with Crippen molar-refractivity contribution in [2.45, 2.75) is 6.54 Å². The van der Waals surface area contributed by atoms with Gasteiger partial charge in [-0.15, -0.1) is 0 Å². The van der Waals surface area contributed by atoms with Gasteiger partial charge in [-0.25, -0.2) is 9.59 Å². The Morgan fingerprint density at radius 3 is 2.58 bits per heavy atom. The normalized spacial score (nSPS) is 10.6. The average Bonchev–Trinajstić information content (AvgIpc) is 3.34. The molecule has 0 saturated heterocycles. The Labute approximate surface area is 187 Å². The highest BCUT2D eigenvalue weighted by Gasteiger charge is 2.15. The van der Waals surface area contributed by atoms with Crippen LogP contribution in [0.1, 0.15) is 16.1 Å². The van der Waals surface area contributed by atoms with E-state index in [9.17, 15) is 14.4 Å². The average molecular weight is 449 g/mol. The van der Waals surface area contributed by atoms with E-state index in [0.717, 1.165) is 0 Å². The van der Waals surface area contributed by atoms with Crippen LogP contribution in [0, 0.1) is 0 Å². The molecule has 1 amide bonds. The Morgan fingerprint density at radius 2 is 1.82 bits per heavy atom. The van der Waals surface area contributed by atoms with Crippen molar-refractivity contribution in [2.24, 2.45) is 0 Å². The third-order valence-corrected chi connectivity index (χ3v) is 4.60. The zero-order chi connectivity index (χ0) is 23.2. The fourth-order valence-electron chi connectivity index (χ4n) is 3.02. The summed E-state index contributed by atoms with van der Waals surface area (Å²) in [5, 5.41) is 3.08. The molecule has 4 rings (SSSR count). The van der Waals surface area contributed by atoms with Gasteiger partial charge >= 0.3 is 11.6 Å². The molecule has 1 N–H and O–H groups in total. The van der Waals surface area contributed by atoms with Crippen molar-refractivity contribution in [2.75, 3.05) is 13.7 Å². The lowest BCUT2D eigenvalue weighted by Crippen LogP contribution is -2.27. The molecular formula is C24H19NO8. The first-order valence-corrected chi connectivity index (χ1v) is 9.88. The van der Waals surface area contributed by atoms with E-state index in [1.807, 2.05) is 0 Å². The summed E-state index contributed by atoms with van der Waals surface area (Å²) in [7, 11) is 1.50. The van der Waals surface area contributed by atoms with Crippen molar-refractivity contribution in [1.29, 1.82) is 0 Å². The number of para-hydroxylation sites is 2. The number of carbonyl (C=O) groups excluding carboxylic acids is 2. The third-order valence-electron chi connectivity index (χ3n) is 4.60. The number of hydrogen-bond acceptors (Lipinski definition) is 8. The van der Waals surface area contributed by atoms with Crippen LogP contribution in [0.5, 0.6) is 17.2 Å². The molecule has 9 nitrogen and oxygen atoms in total. The van der Waals surface area contributed by atoms with Crippen molar-refractivity contribution >= 4 is 22.8 Å². The minimum absolute atomic E-state index is 0.134. The quantitative estimate of drug-likeness (QED) is 0.247. The molecule has 2 aromatic heterocycles. The highest BCUT2D eigenvalue weighted by molar-refractivity contribution is 5.96. The molecule has 0 atom stereocenters. The standard InChI is InChI=1S/C24H19NO8/c1-29-19-6-2-3-7-20(19)31-14-22(26)32-16-9-8-15-11-18(24(28)33-21(15)12-16)23(27)25-13-17-5-4-10-30-17/h2-12H,13-14H2,1H3,(H,25,27). The maximum absolute atomic E-state index is 12.3. The topological polar surface area (TPSA) is 117 Å². The van der Waals surface area contributed by atoms with Crippen LogP contribution >= 0.6 is 0 Å². The summed E-state index contributed by atoms with van der Waals surface area (Å²) >= 11 is 0. The van der Waals surface area contributed by atoms with Crippen molar-refractivity contribution < 1.29 is 32.6 Å². The second-order valence-electron chi connectivity index (χ2n) is 6.82. The minimum Gasteiger partial charge on any atom is -0.493 e. The van der Waals surface area contributed by atoms with Gasteiger partial charge in [0.05, 0.1) is 19.9 Å². The Morgan fingerprint density at radius 1 is 1.00 bits per heavy atom. The number of amides is 1. The number of hydrogen-bond donors (Lipinski definition) is 1. The van der Waals surface area contributed by atoms with Crippen molar-refractivity contribution in [3.05, 3.63) is 88.7 Å². The summed E-state index contributed by atoms with van der Waals surface area (Å²) in [6.45, 7) is -0.216. The smallest absolute Gasteiger partial charge is 0.349 e. The lowest BCUT2D eigenvalue weighted by Gasteiger charge is -2.10. The van der Waals surface area contributed by atoms with Gasteiger partial charge < -0.3 is 28.4 Å². The van der Waals surface area contributed by atoms with E-state index in [1.54, 1.807) is 42.5 Å². The summed E-state index contributed by atoms with van der Waals surface area (Å²) in [4.78, 5) is 36.8. The van der Waals surface area contributed by atoms with Crippen LogP contribution in [0.3, 0.4) is 0 Å². The first kappa shape index (κ1) is 21.7. The second kappa shape index (κ2) is 9.73. The number of esters is 1. The lowest BCUT2D eigenvalue weighted by atomic mass is 10.1. The molecule has 9 heteroatoms. The molecule has 4 aromatic rings. The summed E-state index contributed by atoms with van der Waals surface area (Å²) < 4.78 is 26.3. The third kappa shape index (κ3) is 5.21. The van der Waals surface area contributed by atoms with Gasteiger partial charge in [0, 0.05) is 11.5 Å². The molecular weight excluding hydrogens is 430 g/mol. The van der Waals surface area contributed by atoms with Crippen LogP contribution < -0.4 is 25.2 Å². The van der Waals surface area contributed by atoms with Crippen molar-refractivity contribution in [3.8, 4) is 17.2 Å². The van der Waals surface area contributed by atoms with Gasteiger partial charge in [0.15, 0.2) is 18.1 Å². The van der Waals surface area contributed by atoms with Gasteiger partial charge in [0.25, 0.3) is 5.91 Å². The van der Waals surface area contributed by atoms with Crippen LogP contribution in [-0.2, 0) is 11.3 Å². The monoisotopic (exact) mass is 449 g/mol. The summed E-state index contributed by atoms with van der Waals surface area (Å²) in [6.07, 6.45) is 1.49. The number of furan rings is 1. The van der Waals surface area contributed by atoms with Gasteiger partial charge in [-0.05, 0) is 42.5 Å². The van der Waals surface area contributed by atoms with Gasteiger partial charge in [-0.2, -0.15) is 0 Å². The van der Waals surface area contributed by atoms with Crippen LogP contribution in [0.4, 0.5) is 0 Å². The van der Waals surface area contributed by atoms with Crippen LogP contribution in [0.15, 0.2) is 80.6 Å². The lowest BCUT2D eigenvalue weighted by molar-refractivity contribution is -0.136. The van der Waals surface area contributed by atoms with E-state index in [4.69, 9.17) is 23.0 Å². The number of fused-ring (bicyclic) bond motifs is 1. The number of ether oxygens (including phenoxy) is 3. The molecule has 0 unspecified atom stereocenters. The number of rotatable bonds is 8. The van der Waals surface area contributed by atoms with Gasteiger partial charge in [0.1, 0.15) is 22.7 Å². The zero-order valence-corrected chi connectivity index (χ0v) is 17.5. The number of benzene rings is 2. The first-order valence-electron chi connectivity index (χ1n) is 9.88. The Balaban J connectivity index is 1.42. The van der Waals surface area contributed by atoms with Crippen LogP contribution in [-0.4, -0.2) is 25.6 Å². The summed E-state index contributed by atoms with van der Waals surface area (Å²) in [5.74, 6) is 0.354. The van der Waals surface area contributed by atoms with Gasteiger partial charge in [0.2, 0.25) is 0 Å². The molecule has 0 aliphatic rings. The van der Waals surface area contributed by atoms with E-state index in [-0.39, 0.29) is 30.0 Å². The second-order valence-corrected chi connectivity index (χ2v) is 6.82. The fraction of sp³-hybridized carbons (Fsp3) is 0.125. The minimum atomic E-state index is -0.817. The Hall–Kier alpha value is -4.53. The Kier molecular flexibility index (Phi) is 6.40. The van der Waals surface area contributed by atoms with Gasteiger partial charge in [-0.1, -0.05) is 12.1 Å². The molecule has 33 heavy (non-hydrogen) atoms. The van der Waals surface area contributed by atoms with Gasteiger partial charge in [-0.3, -0.25) is 4.79 Å². The van der Waals surface area contributed by atoms with E-state index < -0.39 is 17.5 Å². The fourth-order valence-corrected chi connectivity index (χ4v) is 3.02. The van der Waals surface area contributed by atoms with E-state index >= 15 is 0 Å². The predicted octanol–water partition coefficient (Wildman–Crippen LogP) is 3.31. The van der Waals surface area contributed by atoms with E-state index in [2.05, 4.69) is 5.32 Å². The molecule has 0 spiro atoms. The molecule has 0 bridgehead atoms. The number of nitrogens with one attached hydrogen (secondary N) is 1. The molecule has 2 aromatic carbocycles. The molecule has 0 radical (unpaired) electrons. The molecule has 0 fully saturated rings. The summed E-state index contributed by atoms with van der Waals surface area (Å²) in [6, 6.07) is 16.2. The van der Waals surface area contributed by atoms with Crippen LogP contribution in [0.25, 0.3) is 11.0 Å². The molecule has 0 aliphatic heterocycles. The molecule has 0 aliphatic carbocycles. The van der Waals surface area contributed by atoms with Crippen molar-refractivity contribution in [1.82, 2.24) is 5.32 Å². The largest absolute Gasteiger partial charge is 0.493 e. The molecule has 0 saturated carbocycles. The zero-order valence-electron chi connectivity index (χ0n) is 17.5. The van der Waals surface area contributed by atoms with Crippen molar-refractivity contribution in [3.63, 3.8) is 0 Å². The number of carbonyl (C=O) groups is 2. The SMILES string of the molecule is COc1ccccc1OCC(=O)Oc1ccc2cc(C(=O)NCc3ccco3)c(=O)oc2c1. The molecule has 2 heterocycles. The first-order chi connectivity index (χ1) is 16.0. The summed E-state index contributed by atoms with van der Waals surface area (Å²) in [5.41, 5.74) is -0.801. The predicted molar refractivity (Wildman–Crippen MR) is 116 cm³/mol. The van der Waals surface area contributed by atoms with Crippen LogP contribution in [0.2, 0.25) is 0 Å². The maximum Gasteiger partial charge on any atom is 0.349 e. The van der Waals surface area contributed by atoms with E-state index in [0.29, 0.717) is 22.6 Å². The number of methoxy groups -OCH3 is 1. The highest BCUT2D eigenvalue weighted by Crippen LogP contribution is 2.26. The van der Waals surface area contributed by atoms with E-state index in [1.165, 1.54) is 31.6 Å². The highest BCUT2D eigenvalue weighted by atomic mass is 16.6. The molecule has 168 valence electrons. The maximum atomic E-state index is 12.3.